The maximum atomic E-state index is 11.9. The van der Waals surface area contributed by atoms with E-state index in [1.807, 2.05) is 42.5 Å². The van der Waals surface area contributed by atoms with E-state index in [1.54, 1.807) is 12.1 Å². The van der Waals surface area contributed by atoms with Crippen molar-refractivity contribution in [2.75, 3.05) is 11.9 Å². The summed E-state index contributed by atoms with van der Waals surface area (Å²) < 4.78 is 4.86. The van der Waals surface area contributed by atoms with Crippen molar-refractivity contribution in [3.63, 3.8) is 0 Å². The van der Waals surface area contributed by atoms with Gasteiger partial charge in [-0.15, -0.1) is 0 Å². The highest BCUT2D eigenvalue weighted by molar-refractivity contribution is 5.95. The Kier molecular flexibility index (Phi) is 5.24. The average molecular weight is 348 g/mol. The number of pyridine rings is 1. The molecule has 6 heteroatoms. The van der Waals surface area contributed by atoms with Crippen LogP contribution in [0.4, 0.5) is 5.69 Å². The predicted molar refractivity (Wildman–Crippen MR) is 97.9 cm³/mol. The Balaban J connectivity index is 1.56. The molecule has 26 heavy (non-hydrogen) atoms. The Morgan fingerprint density at radius 3 is 2.27 bits per heavy atom. The summed E-state index contributed by atoms with van der Waals surface area (Å²) in [5.41, 5.74) is 1.98. The Morgan fingerprint density at radius 2 is 1.58 bits per heavy atom. The number of rotatable bonds is 5. The van der Waals surface area contributed by atoms with Crippen molar-refractivity contribution < 1.29 is 14.3 Å². The van der Waals surface area contributed by atoms with Crippen LogP contribution in [-0.2, 0) is 9.53 Å². The molecule has 3 aromatic rings. The van der Waals surface area contributed by atoms with Gasteiger partial charge in [0.25, 0.3) is 11.5 Å². The van der Waals surface area contributed by atoms with E-state index in [4.69, 9.17) is 4.74 Å². The first-order valence-corrected chi connectivity index (χ1v) is 7.93. The number of nitrogens with one attached hydrogen (secondary N) is 2. The summed E-state index contributed by atoms with van der Waals surface area (Å²) in [6.07, 6.45) is 1.41. The number of carbonyl (C=O) groups is 2. The van der Waals surface area contributed by atoms with Crippen molar-refractivity contribution in [3.8, 4) is 11.1 Å². The SMILES string of the molecule is O=C(COC(=O)c1ccc[nH]c1=O)Nc1ccc(-c2ccccc2)cc1. The lowest BCUT2D eigenvalue weighted by Crippen LogP contribution is -2.24. The summed E-state index contributed by atoms with van der Waals surface area (Å²) in [7, 11) is 0. The fourth-order valence-electron chi connectivity index (χ4n) is 2.36. The molecule has 1 amide bonds. The van der Waals surface area contributed by atoms with Gasteiger partial charge in [0.15, 0.2) is 6.61 Å². The molecule has 0 fully saturated rings. The van der Waals surface area contributed by atoms with Crippen molar-refractivity contribution in [1.82, 2.24) is 4.98 Å². The van der Waals surface area contributed by atoms with Crippen molar-refractivity contribution in [1.29, 1.82) is 0 Å². The molecule has 0 saturated heterocycles. The fourth-order valence-corrected chi connectivity index (χ4v) is 2.36. The number of esters is 1. The zero-order valence-electron chi connectivity index (χ0n) is 13.8. The molecule has 130 valence electrons. The van der Waals surface area contributed by atoms with Crippen LogP contribution in [0.2, 0.25) is 0 Å². The molecule has 3 rings (SSSR count). The van der Waals surface area contributed by atoms with Crippen LogP contribution in [0.3, 0.4) is 0 Å². The van der Waals surface area contributed by atoms with Gasteiger partial charge >= 0.3 is 5.97 Å². The number of ether oxygens (including phenoxy) is 1. The summed E-state index contributed by atoms with van der Waals surface area (Å²) >= 11 is 0. The lowest BCUT2D eigenvalue weighted by Gasteiger charge is -2.07. The molecule has 0 radical (unpaired) electrons. The number of aromatic amines is 1. The maximum Gasteiger partial charge on any atom is 0.344 e. The minimum atomic E-state index is -0.846. The smallest absolute Gasteiger partial charge is 0.344 e. The largest absolute Gasteiger partial charge is 0.452 e. The molecular weight excluding hydrogens is 332 g/mol. The van der Waals surface area contributed by atoms with E-state index in [2.05, 4.69) is 10.3 Å². The molecule has 0 saturated carbocycles. The minimum absolute atomic E-state index is 0.146. The molecular formula is C20H16N2O4. The molecule has 0 unspecified atom stereocenters. The molecule has 2 aromatic carbocycles. The van der Waals surface area contributed by atoms with Gasteiger partial charge in [0.1, 0.15) is 5.56 Å². The third kappa shape index (κ3) is 4.24. The number of carbonyl (C=O) groups excluding carboxylic acids is 2. The second-order valence-corrected chi connectivity index (χ2v) is 5.48. The number of amides is 1. The Hall–Kier alpha value is -3.67. The summed E-state index contributed by atoms with van der Waals surface area (Å²) in [6, 6.07) is 20.0. The van der Waals surface area contributed by atoms with E-state index in [9.17, 15) is 14.4 Å². The van der Waals surface area contributed by atoms with E-state index in [1.165, 1.54) is 18.3 Å². The number of anilines is 1. The Labute approximate surface area is 149 Å². The monoisotopic (exact) mass is 348 g/mol. The van der Waals surface area contributed by atoms with Gasteiger partial charge in [-0.05, 0) is 35.4 Å². The zero-order valence-corrected chi connectivity index (χ0v) is 13.8. The van der Waals surface area contributed by atoms with Crippen molar-refractivity contribution >= 4 is 17.6 Å². The lowest BCUT2D eigenvalue weighted by molar-refractivity contribution is -0.119. The highest BCUT2D eigenvalue weighted by Crippen LogP contribution is 2.20. The fraction of sp³-hybridized carbons (Fsp3) is 0.0500. The van der Waals surface area contributed by atoms with Gasteiger partial charge in [-0.25, -0.2) is 4.79 Å². The van der Waals surface area contributed by atoms with Crippen LogP contribution in [0.1, 0.15) is 10.4 Å². The van der Waals surface area contributed by atoms with Gasteiger partial charge < -0.3 is 15.0 Å². The maximum absolute atomic E-state index is 11.9. The number of benzene rings is 2. The first-order chi connectivity index (χ1) is 12.6. The summed E-state index contributed by atoms with van der Waals surface area (Å²) in [5.74, 6) is -1.33. The molecule has 0 atom stereocenters. The highest BCUT2D eigenvalue weighted by atomic mass is 16.5. The first kappa shape index (κ1) is 17.2. The van der Waals surface area contributed by atoms with E-state index < -0.39 is 24.0 Å². The Morgan fingerprint density at radius 1 is 0.885 bits per heavy atom. The van der Waals surface area contributed by atoms with Crippen LogP contribution in [0.25, 0.3) is 11.1 Å². The van der Waals surface area contributed by atoms with Gasteiger partial charge in [0, 0.05) is 11.9 Å². The first-order valence-electron chi connectivity index (χ1n) is 7.93. The summed E-state index contributed by atoms with van der Waals surface area (Å²) in [4.78, 5) is 37.6. The van der Waals surface area contributed by atoms with Crippen molar-refractivity contribution in [3.05, 3.63) is 88.8 Å². The predicted octanol–water partition coefficient (Wildman–Crippen LogP) is 2.84. The molecule has 1 heterocycles. The van der Waals surface area contributed by atoms with Crippen LogP contribution in [0.5, 0.6) is 0 Å². The number of hydrogen-bond acceptors (Lipinski definition) is 4. The van der Waals surface area contributed by atoms with Crippen LogP contribution in [0, 0.1) is 0 Å². The van der Waals surface area contributed by atoms with Gasteiger partial charge in [-0.2, -0.15) is 0 Å². The number of aromatic nitrogens is 1. The van der Waals surface area contributed by atoms with Gasteiger partial charge in [0.05, 0.1) is 0 Å². The van der Waals surface area contributed by atoms with E-state index in [-0.39, 0.29) is 5.56 Å². The molecule has 2 N–H and O–H groups in total. The topological polar surface area (TPSA) is 88.3 Å². The van der Waals surface area contributed by atoms with Gasteiger partial charge in [-0.3, -0.25) is 9.59 Å². The summed E-state index contributed by atoms with van der Waals surface area (Å²) in [6.45, 7) is -0.479. The zero-order chi connectivity index (χ0) is 18.4. The van der Waals surface area contributed by atoms with Crippen LogP contribution in [0.15, 0.2) is 77.7 Å². The standard InChI is InChI=1S/C20H16N2O4/c23-18(13-26-20(25)17-7-4-12-21-19(17)24)22-16-10-8-15(9-11-16)14-5-2-1-3-6-14/h1-12H,13H2,(H,21,24)(H,22,23). The van der Waals surface area contributed by atoms with E-state index in [0.29, 0.717) is 5.69 Å². The molecule has 0 aliphatic rings. The summed E-state index contributed by atoms with van der Waals surface area (Å²) in [5, 5.41) is 2.64. The number of H-pyrrole nitrogens is 1. The highest BCUT2D eigenvalue weighted by Gasteiger charge is 2.13. The van der Waals surface area contributed by atoms with Gasteiger partial charge in [-0.1, -0.05) is 42.5 Å². The van der Waals surface area contributed by atoms with Gasteiger partial charge in [0.2, 0.25) is 0 Å². The average Bonchev–Trinajstić information content (AvgIpc) is 2.68. The third-order valence-electron chi connectivity index (χ3n) is 3.65. The molecule has 0 bridgehead atoms. The second-order valence-electron chi connectivity index (χ2n) is 5.48. The number of hydrogen-bond donors (Lipinski definition) is 2. The Bertz CT molecular complexity index is 963. The molecule has 0 aliphatic heterocycles. The lowest BCUT2D eigenvalue weighted by atomic mass is 10.1. The van der Waals surface area contributed by atoms with Crippen molar-refractivity contribution in [2.45, 2.75) is 0 Å². The minimum Gasteiger partial charge on any atom is -0.452 e. The van der Waals surface area contributed by atoms with E-state index >= 15 is 0 Å². The second kappa shape index (κ2) is 7.94. The van der Waals surface area contributed by atoms with E-state index in [0.717, 1.165) is 11.1 Å². The third-order valence-corrected chi connectivity index (χ3v) is 3.65. The molecule has 6 nitrogen and oxygen atoms in total. The van der Waals surface area contributed by atoms with Crippen molar-refractivity contribution in [2.24, 2.45) is 0 Å². The molecule has 0 aliphatic carbocycles. The van der Waals surface area contributed by atoms with Crippen LogP contribution in [-0.4, -0.2) is 23.5 Å². The molecule has 0 spiro atoms. The van der Waals surface area contributed by atoms with Crippen LogP contribution >= 0.6 is 0 Å². The van der Waals surface area contributed by atoms with Crippen LogP contribution < -0.4 is 10.9 Å². The quantitative estimate of drug-likeness (QED) is 0.694. The molecule has 1 aromatic heterocycles. The normalized spacial score (nSPS) is 10.2.